The molecule has 1 N–H and O–H groups in total. The van der Waals surface area contributed by atoms with Crippen LogP contribution in [0, 0.1) is 4.77 Å². The summed E-state index contributed by atoms with van der Waals surface area (Å²) in [4.78, 5) is 13.9. The second kappa shape index (κ2) is 8.01. The Morgan fingerprint density at radius 3 is 2.46 bits per heavy atom. The van der Waals surface area contributed by atoms with E-state index in [0.717, 1.165) is 17.1 Å². The molecule has 0 saturated carbocycles. The minimum atomic E-state index is -0.249. The predicted octanol–water partition coefficient (Wildman–Crippen LogP) is 2.43. The summed E-state index contributed by atoms with van der Waals surface area (Å²) < 4.78 is 9.37. The van der Waals surface area contributed by atoms with Crippen LogP contribution < -0.4 is 10.1 Å². The first kappa shape index (κ1) is 20.1. The Labute approximate surface area is 159 Å². The summed E-state index contributed by atoms with van der Waals surface area (Å²) in [7, 11) is 5.39. The van der Waals surface area contributed by atoms with Crippen LogP contribution in [0.2, 0.25) is 0 Å². The third-order valence-corrected chi connectivity index (χ3v) is 4.18. The van der Waals surface area contributed by atoms with Gasteiger partial charge in [-0.25, -0.2) is 4.68 Å². The Hall–Kier alpha value is -2.19. The Balaban J connectivity index is 2.13. The number of hydrogen-bond acceptors (Lipinski definition) is 5. The van der Waals surface area contributed by atoms with Gasteiger partial charge < -0.3 is 14.6 Å². The zero-order chi connectivity index (χ0) is 19.5. The number of amides is 1. The van der Waals surface area contributed by atoms with Gasteiger partial charge in [0, 0.05) is 18.2 Å². The Morgan fingerprint density at radius 1 is 1.31 bits per heavy atom. The molecule has 0 unspecified atom stereocenters. The van der Waals surface area contributed by atoms with Crippen LogP contribution in [0.4, 0.5) is 0 Å². The molecular formula is C18H27N5O2S. The molecule has 2 aromatic rings. The van der Waals surface area contributed by atoms with Gasteiger partial charge in [-0.2, -0.15) is 5.10 Å². The second-order valence-electron chi connectivity index (χ2n) is 7.35. The normalized spacial score (nSPS) is 11.7. The first-order chi connectivity index (χ1) is 12.1. The molecule has 8 heteroatoms. The summed E-state index contributed by atoms with van der Waals surface area (Å²) in [6.07, 6.45) is 0. The van der Waals surface area contributed by atoms with E-state index in [-0.39, 0.29) is 18.0 Å². The average molecular weight is 378 g/mol. The maximum absolute atomic E-state index is 12.1. The highest BCUT2D eigenvalue weighted by atomic mass is 32.1. The number of aromatic nitrogens is 3. The van der Waals surface area contributed by atoms with Crippen LogP contribution in [-0.4, -0.2) is 51.4 Å². The lowest BCUT2D eigenvalue weighted by Crippen LogP contribution is -2.45. The van der Waals surface area contributed by atoms with E-state index in [4.69, 9.17) is 17.0 Å². The molecule has 1 aromatic carbocycles. The molecule has 7 nitrogen and oxygen atoms in total. The first-order valence-corrected chi connectivity index (χ1v) is 8.79. The van der Waals surface area contributed by atoms with E-state index in [1.807, 2.05) is 68.6 Å². The van der Waals surface area contributed by atoms with Crippen LogP contribution in [0.25, 0.3) is 11.4 Å². The number of nitrogens with zero attached hydrogens (tertiary/aromatic N) is 4. The van der Waals surface area contributed by atoms with Gasteiger partial charge in [0.25, 0.3) is 0 Å². The van der Waals surface area contributed by atoms with Crippen molar-refractivity contribution in [2.24, 2.45) is 7.05 Å². The molecule has 0 radical (unpaired) electrons. The Morgan fingerprint density at radius 2 is 1.92 bits per heavy atom. The van der Waals surface area contributed by atoms with Crippen LogP contribution in [0.3, 0.4) is 0 Å². The fourth-order valence-corrected chi connectivity index (χ4v) is 2.74. The van der Waals surface area contributed by atoms with Gasteiger partial charge in [0.2, 0.25) is 5.91 Å². The first-order valence-electron chi connectivity index (χ1n) is 8.38. The van der Waals surface area contributed by atoms with Crippen molar-refractivity contribution < 1.29 is 9.53 Å². The van der Waals surface area contributed by atoms with E-state index < -0.39 is 0 Å². The van der Waals surface area contributed by atoms with Crippen molar-refractivity contribution in [2.75, 3.05) is 20.7 Å². The highest BCUT2D eigenvalue weighted by molar-refractivity contribution is 7.71. The topological polar surface area (TPSA) is 64.3 Å². The summed E-state index contributed by atoms with van der Waals surface area (Å²) in [6.45, 7) is 6.58. The van der Waals surface area contributed by atoms with E-state index in [1.165, 1.54) is 0 Å². The lowest BCUT2D eigenvalue weighted by molar-refractivity contribution is -0.123. The molecule has 0 fully saturated rings. The number of rotatable bonds is 6. The number of hydrogen-bond donors (Lipinski definition) is 1. The van der Waals surface area contributed by atoms with E-state index in [0.29, 0.717) is 11.4 Å². The lowest BCUT2D eigenvalue weighted by atomic mass is 10.1. The molecule has 0 atom stereocenters. The van der Waals surface area contributed by atoms with Crippen molar-refractivity contribution in [1.82, 2.24) is 24.6 Å². The molecule has 1 amide bonds. The van der Waals surface area contributed by atoms with Gasteiger partial charge in [-0.3, -0.25) is 9.69 Å². The Bertz CT molecular complexity index is 818. The predicted molar refractivity (Wildman–Crippen MR) is 105 cm³/mol. The number of nitrogens with one attached hydrogen (secondary N) is 1. The summed E-state index contributed by atoms with van der Waals surface area (Å²) in [6, 6.07) is 7.67. The van der Waals surface area contributed by atoms with Crippen molar-refractivity contribution >= 4 is 18.1 Å². The van der Waals surface area contributed by atoms with Crippen molar-refractivity contribution in [2.45, 2.75) is 33.0 Å². The van der Waals surface area contributed by atoms with Crippen LogP contribution in [-0.2, 0) is 18.5 Å². The maximum atomic E-state index is 12.1. The highest BCUT2D eigenvalue weighted by Crippen LogP contribution is 2.21. The van der Waals surface area contributed by atoms with Crippen LogP contribution in [0.5, 0.6) is 5.75 Å². The number of ether oxygens (including phenoxy) is 1. The van der Waals surface area contributed by atoms with Crippen molar-refractivity contribution in [1.29, 1.82) is 0 Å². The highest BCUT2D eigenvalue weighted by Gasteiger charge is 2.16. The molecule has 1 heterocycles. The standard InChI is InChI=1S/C18H27N5O2S/c1-18(2,3)19-15(24)11-21(4)12-23-17(26)22(5)16(20-23)13-7-9-14(25-6)10-8-13/h7-10H,11-12H2,1-6H3,(H,19,24). The fourth-order valence-electron chi connectivity index (χ4n) is 2.55. The third-order valence-electron chi connectivity index (χ3n) is 3.69. The molecule has 0 saturated heterocycles. The molecule has 0 aliphatic rings. The van der Waals surface area contributed by atoms with E-state index >= 15 is 0 Å². The SMILES string of the molecule is COc1ccc(-c2nn(CN(C)CC(=O)NC(C)(C)C)c(=S)n2C)cc1. The number of likely N-dealkylation sites (N-methyl/N-ethyl adjacent to an activating group) is 1. The van der Waals surface area contributed by atoms with Crippen LogP contribution in [0.1, 0.15) is 20.8 Å². The molecule has 2 rings (SSSR count). The van der Waals surface area contributed by atoms with Crippen LogP contribution >= 0.6 is 12.2 Å². The van der Waals surface area contributed by atoms with Crippen molar-refractivity contribution in [3.63, 3.8) is 0 Å². The molecule has 142 valence electrons. The lowest BCUT2D eigenvalue weighted by Gasteiger charge is -2.23. The molecular weight excluding hydrogens is 350 g/mol. The minimum absolute atomic E-state index is 0.0298. The maximum Gasteiger partial charge on any atom is 0.234 e. The van der Waals surface area contributed by atoms with Gasteiger partial charge in [-0.05, 0) is 64.3 Å². The van der Waals surface area contributed by atoms with Gasteiger partial charge in [-0.15, -0.1) is 0 Å². The van der Waals surface area contributed by atoms with E-state index in [1.54, 1.807) is 11.8 Å². The van der Waals surface area contributed by atoms with Crippen molar-refractivity contribution in [3.8, 4) is 17.1 Å². The molecule has 0 aliphatic heterocycles. The Kier molecular flexibility index (Phi) is 6.20. The summed E-state index contributed by atoms with van der Waals surface area (Å²) in [5, 5.41) is 7.57. The van der Waals surface area contributed by atoms with Gasteiger partial charge in [0.15, 0.2) is 10.6 Å². The molecule has 0 spiro atoms. The minimum Gasteiger partial charge on any atom is -0.497 e. The van der Waals surface area contributed by atoms with Gasteiger partial charge in [0.05, 0.1) is 20.3 Å². The fraction of sp³-hybridized carbons (Fsp3) is 0.500. The number of methoxy groups -OCH3 is 1. The van der Waals surface area contributed by atoms with Crippen LogP contribution in [0.15, 0.2) is 24.3 Å². The van der Waals surface area contributed by atoms with E-state index in [9.17, 15) is 4.79 Å². The molecule has 0 aliphatic carbocycles. The third kappa shape index (κ3) is 5.15. The van der Waals surface area contributed by atoms with Gasteiger partial charge in [0.1, 0.15) is 5.75 Å². The second-order valence-corrected chi connectivity index (χ2v) is 7.71. The largest absolute Gasteiger partial charge is 0.497 e. The smallest absolute Gasteiger partial charge is 0.234 e. The van der Waals surface area contributed by atoms with Crippen molar-refractivity contribution in [3.05, 3.63) is 29.0 Å². The average Bonchev–Trinajstić information content (AvgIpc) is 2.81. The monoisotopic (exact) mass is 377 g/mol. The summed E-state index contributed by atoms with van der Waals surface area (Å²) in [5.74, 6) is 1.53. The molecule has 0 bridgehead atoms. The number of carbonyl (C=O) groups excluding carboxylic acids is 1. The van der Waals surface area contributed by atoms with Gasteiger partial charge >= 0.3 is 0 Å². The molecule has 26 heavy (non-hydrogen) atoms. The van der Waals surface area contributed by atoms with E-state index in [2.05, 4.69) is 10.4 Å². The summed E-state index contributed by atoms with van der Waals surface area (Å²) >= 11 is 5.49. The number of benzene rings is 1. The van der Waals surface area contributed by atoms with Gasteiger partial charge in [-0.1, -0.05) is 0 Å². The number of carbonyl (C=O) groups is 1. The quantitative estimate of drug-likeness (QED) is 0.784. The molecule has 1 aromatic heterocycles. The summed E-state index contributed by atoms with van der Waals surface area (Å²) in [5.41, 5.74) is 0.701. The zero-order valence-corrected chi connectivity index (χ0v) is 17.1. The zero-order valence-electron chi connectivity index (χ0n) is 16.2.